The SMILES string of the molecule is COc1ccc2c(c1)C(=O)C(=O)N2Cc1cn(CC(=O)c2cc3ccc(Br)cc3oc2=O)nn1. The van der Waals surface area contributed by atoms with E-state index in [0.29, 0.717) is 28.1 Å². The molecule has 34 heavy (non-hydrogen) atoms. The van der Waals surface area contributed by atoms with Crippen LogP contribution in [0.25, 0.3) is 11.0 Å². The van der Waals surface area contributed by atoms with E-state index in [1.54, 1.807) is 30.3 Å². The summed E-state index contributed by atoms with van der Waals surface area (Å²) in [4.78, 5) is 51.2. The lowest BCUT2D eigenvalue weighted by Gasteiger charge is -2.14. The Bertz CT molecular complexity index is 1560. The first kappa shape index (κ1) is 21.7. The van der Waals surface area contributed by atoms with E-state index in [1.807, 2.05) is 0 Å². The lowest BCUT2D eigenvalue weighted by atomic mass is 10.1. The van der Waals surface area contributed by atoms with Gasteiger partial charge in [-0.2, -0.15) is 0 Å². The summed E-state index contributed by atoms with van der Waals surface area (Å²) >= 11 is 3.31. The number of ketones is 2. The fourth-order valence-corrected chi connectivity index (χ4v) is 4.07. The molecule has 11 heteroatoms. The van der Waals surface area contributed by atoms with E-state index in [9.17, 15) is 19.2 Å². The number of halogens is 1. The third kappa shape index (κ3) is 3.79. The summed E-state index contributed by atoms with van der Waals surface area (Å²) in [6, 6.07) is 11.4. The van der Waals surface area contributed by atoms with Gasteiger partial charge in [0.1, 0.15) is 29.1 Å². The van der Waals surface area contributed by atoms with Gasteiger partial charge < -0.3 is 9.15 Å². The summed E-state index contributed by atoms with van der Waals surface area (Å²) < 4.78 is 12.4. The summed E-state index contributed by atoms with van der Waals surface area (Å²) in [5, 5.41) is 8.53. The van der Waals surface area contributed by atoms with Gasteiger partial charge in [0, 0.05) is 9.86 Å². The van der Waals surface area contributed by atoms with Gasteiger partial charge in [-0.1, -0.05) is 27.2 Å². The van der Waals surface area contributed by atoms with E-state index in [1.165, 1.54) is 35.0 Å². The topological polar surface area (TPSA) is 125 Å². The zero-order valence-electron chi connectivity index (χ0n) is 17.6. The van der Waals surface area contributed by atoms with E-state index >= 15 is 0 Å². The lowest BCUT2D eigenvalue weighted by molar-refractivity contribution is -0.114. The number of carbonyl (C=O) groups is 3. The van der Waals surface area contributed by atoms with Crippen molar-refractivity contribution in [1.29, 1.82) is 0 Å². The van der Waals surface area contributed by atoms with Crippen LogP contribution >= 0.6 is 15.9 Å². The lowest BCUT2D eigenvalue weighted by Crippen LogP contribution is -2.29. The number of anilines is 1. The fraction of sp³-hybridized carbons (Fsp3) is 0.130. The summed E-state index contributed by atoms with van der Waals surface area (Å²) in [5.41, 5.74) is 0.581. The van der Waals surface area contributed by atoms with Gasteiger partial charge in [-0.3, -0.25) is 19.3 Å². The van der Waals surface area contributed by atoms with E-state index in [0.717, 1.165) is 4.47 Å². The van der Waals surface area contributed by atoms with E-state index in [4.69, 9.17) is 9.15 Å². The van der Waals surface area contributed by atoms with Crippen LogP contribution in [0.1, 0.15) is 26.4 Å². The van der Waals surface area contributed by atoms with Gasteiger partial charge >= 0.3 is 5.63 Å². The van der Waals surface area contributed by atoms with Crippen molar-refractivity contribution in [3.8, 4) is 5.75 Å². The summed E-state index contributed by atoms with van der Waals surface area (Å²) in [5.74, 6) is -1.35. The quantitative estimate of drug-likeness (QED) is 0.215. The first-order chi connectivity index (χ1) is 16.3. The molecule has 10 nitrogen and oxygen atoms in total. The normalized spacial score (nSPS) is 12.9. The van der Waals surface area contributed by atoms with Crippen LogP contribution in [-0.4, -0.2) is 39.6 Å². The summed E-state index contributed by atoms with van der Waals surface area (Å²) in [6.07, 6.45) is 1.48. The second-order valence-corrected chi connectivity index (χ2v) is 8.48. The molecule has 0 N–H and O–H groups in total. The molecule has 170 valence electrons. The molecule has 2 aromatic heterocycles. The number of fused-ring (bicyclic) bond motifs is 2. The Balaban J connectivity index is 1.35. The molecule has 1 amide bonds. The summed E-state index contributed by atoms with van der Waals surface area (Å²) in [6.45, 7) is -0.258. The average Bonchev–Trinajstić information content (AvgIpc) is 3.36. The van der Waals surface area contributed by atoms with Crippen molar-refractivity contribution in [3.63, 3.8) is 0 Å². The second kappa shape index (κ2) is 8.34. The Morgan fingerprint density at radius 1 is 1.12 bits per heavy atom. The number of hydrogen-bond donors (Lipinski definition) is 0. The van der Waals surface area contributed by atoms with Crippen molar-refractivity contribution in [2.75, 3.05) is 12.0 Å². The number of methoxy groups -OCH3 is 1. The zero-order valence-corrected chi connectivity index (χ0v) is 19.2. The first-order valence-electron chi connectivity index (χ1n) is 10.0. The van der Waals surface area contributed by atoms with Crippen molar-refractivity contribution < 1.29 is 23.5 Å². The molecule has 0 atom stereocenters. The Morgan fingerprint density at radius 3 is 2.74 bits per heavy atom. The Labute approximate surface area is 199 Å². The molecule has 1 aliphatic rings. The fourth-order valence-electron chi connectivity index (χ4n) is 3.73. The van der Waals surface area contributed by atoms with E-state index < -0.39 is 23.1 Å². The third-order valence-corrected chi connectivity index (χ3v) is 5.88. The van der Waals surface area contributed by atoms with Crippen LogP contribution < -0.4 is 15.3 Å². The first-order valence-corrected chi connectivity index (χ1v) is 10.8. The Hall–Kier alpha value is -4.12. The standard InChI is InChI=1S/C23H15BrN4O6/c1-33-15-4-5-18-16(8-15)21(30)22(31)28(18)10-14-9-27(26-25-14)11-19(29)17-6-12-2-3-13(24)7-20(12)34-23(17)32/h2-9H,10-11H2,1H3. The van der Waals surface area contributed by atoms with Crippen molar-refractivity contribution >= 4 is 50.1 Å². The molecule has 0 unspecified atom stereocenters. The van der Waals surface area contributed by atoms with Gasteiger partial charge in [0.05, 0.1) is 31.1 Å². The van der Waals surface area contributed by atoms with Crippen LogP contribution in [-0.2, 0) is 17.9 Å². The highest BCUT2D eigenvalue weighted by Gasteiger charge is 2.36. The van der Waals surface area contributed by atoms with Gasteiger partial charge in [-0.25, -0.2) is 9.48 Å². The third-order valence-electron chi connectivity index (χ3n) is 5.39. The van der Waals surface area contributed by atoms with Crippen LogP contribution in [0.5, 0.6) is 5.75 Å². The molecule has 4 aromatic rings. The molecule has 0 aliphatic carbocycles. The molecule has 5 rings (SSSR count). The van der Waals surface area contributed by atoms with E-state index in [2.05, 4.69) is 26.2 Å². The number of hydrogen-bond acceptors (Lipinski definition) is 8. The smallest absolute Gasteiger partial charge is 0.347 e. The minimum Gasteiger partial charge on any atom is -0.497 e. The highest BCUT2D eigenvalue weighted by molar-refractivity contribution is 9.10. The Kier molecular flexibility index (Phi) is 5.33. The number of carbonyl (C=O) groups excluding carboxylic acids is 3. The number of Topliss-reactive ketones (excluding diaryl/α,β-unsaturated/α-hetero) is 2. The number of aromatic nitrogens is 3. The molecule has 0 saturated carbocycles. The van der Waals surface area contributed by atoms with Gasteiger partial charge in [-0.05, 0) is 36.4 Å². The van der Waals surface area contributed by atoms with E-state index in [-0.39, 0.29) is 24.2 Å². The maximum Gasteiger partial charge on any atom is 0.347 e. The van der Waals surface area contributed by atoms with Gasteiger partial charge in [0.2, 0.25) is 0 Å². The molecule has 1 aliphatic heterocycles. The van der Waals surface area contributed by atoms with Crippen molar-refractivity contribution in [3.05, 3.63) is 80.4 Å². The van der Waals surface area contributed by atoms with Crippen LogP contribution in [0.2, 0.25) is 0 Å². The number of nitrogens with zero attached hydrogens (tertiary/aromatic N) is 4. The molecule has 0 spiro atoms. The van der Waals surface area contributed by atoms with Crippen molar-refractivity contribution in [2.45, 2.75) is 13.1 Å². The molecule has 3 heterocycles. The number of ether oxygens (including phenoxy) is 1. The average molecular weight is 523 g/mol. The highest BCUT2D eigenvalue weighted by Crippen LogP contribution is 2.33. The molecule has 2 aromatic carbocycles. The zero-order chi connectivity index (χ0) is 24.0. The van der Waals surface area contributed by atoms with Gasteiger partial charge in [0.15, 0.2) is 5.78 Å². The Morgan fingerprint density at radius 2 is 1.94 bits per heavy atom. The minimum atomic E-state index is -0.746. The van der Waals surface area contributed by atoms with Crippen LogP contribution in [0, 0.1) is 0 Å². The van der Waals surface area contributed by atoms with Gasteiger partial charge in [-0.15, -0.1) is 5.10 Å². The molecule has 0 fully saturated rings. The number of benzene rings is 2. The maximum atomic E-state index is 12.7. The largest absolute Gasteiger partial charge is 0.497 e. The van der Waals surface area contributed by atoms with Crippen molar-refractivity contribution in [1.82, 2.24) is 15.0 Å². The second-order valence-electron chi connectivity index (χ2n) is 7.56. The predicted molar refractivity (Wildman–Crippen MR) is 123 cm³/mol. The monoisotopic (exact) mass is 522 g/mol. The molecular formula is C23H15BrN4O6. The predicted octanol–water partition coefficient (Wildman–Crippen LogP) is 2.77. The van der Waals surface area contributed by atoms with Gasteiger partial charge in [0.25, 0.3) is 11.7 Å². The number of rotatable bonds is 6. The molecule has 0 saturated heterocycles. The molecular weight excluding hydrogens is 508 g/mol. The van der Waals surface area contributed by atoms with Crippen LogP contribution in [0.3, 0.4) is 0 Å². The summed E-state index contributed by atoms with van der Waals surface area (Å²) in [7, 11) is 1.47. The van der Waals surface area contributed by atoms with Crippen molar-refractivity contribution in [2.24, 2.45) is 0 Å². The van der Waals surface area contributed by atoms with Crippen LogP contribution in [0.4, 0.5) is 5.69 Å². The maximum absolute atomic E-state index is 12.7. The minimum absolute atomic E-state index is 0.00885. The molecule has 0 radical (unpaired) electrons. The number of amides is 1. The molecule has 0 bridgehead atoms. The highest BCUT2D eigenvalue weighted by atomic mass is 79.9. The van der Waals surface area contributed by atoms with Crippen LogP contribution in [0.15, 0.2) is 62.3 Å².